The first-order chi connectivity index (χ1) is 7.16. The Labute approximate surface area is 86.5 Å². The molecule has 2 rings (SSSR count). The lowest BCUT2D eigenvalue weighted by atomic mass is 10.3. The highest BCUT2D eigenvalue weighted by atomic mass is 19.3. The molecular weight excluding hydrogens is 204 g/mol. The van der Waals surface area contributed by atoms with Gasteiger partial charge in [-0.3, -0.25) is 0 Å². The average Bonchev–Trinajstić information content (AvgIpc) is 2.68. The molecule has 0 aliphatic carbocycles. The van der Waals surface area contributed by atoms with Crippen LogP contribution in [0.2, 0.25) is 0 Å². The summed E-state index contributed by atoms with van der Waals surface area (Å²) in [7, 11) is 2.03. The van der Waals surface area contributed by atoms with Crippen LogP contribution in [0.1, 0.15) is 12.1 Å². The van der Waals surface area contributed by atoms with Crippen LogP contribution in [-0.2, 0) is 0 Å². The summed E-state index contributed by atoms with van der Waals surface area (Å²) in [4.78, 5) is 7.80. The summed E-state index contributed by atoms with van der Waals surface area (Å²) in [5.41, 5.74) is -0.288. The zero-order valence-corrected chi connectivity index (χ0v) is 8.49. The van der Waals surface area contributed by atoms with E-state index in [4.69, 9.17) is 4.42 Å². The number of hydrogen-bond donors (Lipinski definition) is 0. The van der Waals surface area contributed by atoms with E-state index in [1.807, 2.05) is 11.9 Å². The van der Waals surface area contributed by atoms with E-state index in [9.17, 15) is 8.78 Å². The predicted molar refractivity (Wildman–Crippen MR) is 51.2 cm³/mol. The average molecular weight is 217 g/mol. The number of oxazole rings is 1. The lowest BCUT2D eigenvalue weighted by Gasteiger charge is -2.31. The minimum Gasteiger partial charge on any atom is -0.432 e. The lowest BCUT2D eigenvalue weighted by Crippen LogP contribution is -2.44. The number of rotatable bonds is 2. The van der Waals surface area contributed by atoms with E-state index in [1.165, 1.54) is 0 Å². The molecule has 1 aliphatic rings. The molecular formula is C9H13F2N3O. The second-order valence-corrected chi connectivity index (χ2v) is 3.65. The number of aromatic nitrogens is 1. The fourth-order valence-corrected chi connectivity index (χ4v) is 1.52. The minimum absolute atomic E-state index is 0.288. The van der Waals surface area contributed by atoms with Crippen LogP contribution in [0, 0.1) is 0 Å². The van der Waals surface area contributed by atoms with E-state index in [2.05, 4.69) is 9.88 Å². The monoisotopic (exact) mass is 217 g/mol. The molecule has 0 saturated carbocycles. The molecule has 84 valence electrons. The normalized spacial score (nSPS) is 18.8. The first-order valence-electron chi connectivity index (χ1n) is 4.84. The molecule has 0 bridgehead atoms. The number of anilines is 1. The molecule has 0 radical (unpaired) electrons. The minimum atomic E-state index is -2.56. The standard InChI is InChI=1S/C9H13F2N3O/c1-13-2-4-14(5-3-13)9-12-7(6-15-9)8(10)11/h6,8H,2-5H2,1H3. The summed E-state index contributed by atoms with van der Waals surface area (Å²) in [6.45, 7) is 3.32. The van der Waals surface area contributed by atoms with Crippen molar-refractivity contribution in [1.29, 1.82) is 0 Å². The van der Waals surface area contributed by atoms with Gasteiger partial charge in [0.1, 0.15) is 12.0 Å². The van der Waals surface area contributed by atoms with Gasteiger partial charge in [0.25, 0.3) is 12.4 Å². The number of likely N-dealkylation sites (N-methyl/N-ethyl adjacent to an activating group) is 1. The SMILES string of the molecule is CN1CCN(c2nc(C(F)F)co2)CC1. The fraction of sp³-hybridized carbons (Fsp3) is 0.667. The van der Waals surface area contributed by atoms with Gasteiger partial charge in [0.15, 0.2) is 0 Å². The molecule has 4 nitrogen and oxygen atoms in total. The number of nitrogens with zero attached hydrogens (tertiary/aromatic N) is 3. The van der Waals surface area contributed by atoms with Gasteiger partial charge < -0.3 is 14.2 Å². The molecule has 1 aromatic rings. The van der Waals surface area contributed by atoms with E-state index in [1.54, 1.807) is 0 Å². The van der Waals surface area contributed by atoms with E-state index in [-0.39, 0.29) is 5.69 Å². The zero-order valence-electron chi connectivity index (χ0n) is 8.49. The molecule has 6 heteroatoms. The van der Waals surface area contributed by atoms with E-state index in [0.29, 0.717) is 6.01 Å². The van der Waals surface area contributed by atoms with Gasteiger partial charge in [0.05, 0.1) is 0 Å². The van der Waals surface area contributed by atoms with Gasteiger partial charge in [0.2, 0.25) is 0 Å². The predicted octanol–water partition coefficient (Wildman–Crippen LogP) is 1.36. The highest BCUT2D eigenvalue weighted by molar-refractivity contribution is 5.28. The van der Waals surface area contributed by atoms with E-state index >= 15 is 0 Å². The van der Waals surface area contributed by atoms with Crippen molar-refractivity contribution in [2.75, 3.05) is 38.1 Å². The van der Waals surface area contributed by atoms with Crippen LogP contribution in [-0.4, -0.2) is 43.1 Å². The Morgan fingerprint density at radius 3 is 2.53 bits per heavy atom. The lowest BCUT2D eigenvalue weighted by molar-refractivity contribution is 0.146. The maximum Gasteiger partial charge on any atom is 0.297 e. The maximum atomic E-state index is 12.3. The summed E-state index contributed by atoms with van der Waals surface area (Å²) < 4.78 is 29.5. The molecule has 15 heavy (non-hydrogen) atoms. The third kappa shape index (κ3) is 2.26. The van der Waals surface area contributed by atoms with Crippen LogP contribution in [0.5, 0.6) is 0 Å². The van der Waals surface area contributed by atoms with Gasteiger partial charge >= 0.3 is 0 Å². The Morgan fingerprint density at radius 1 is 1.33 bits per heavy atom. The van der Waals surface area contributed by atoms with Gasteiger partial charge in [0, 0.05) is 26.2 Å². The van der Waals surface area contributed by atoms with Crippen molar-refractivity contribution < 1.29 is 13.2 Å². The van der Waals surface area contributed by atoms with Crippen molar-refractivity contribution in [2.24, 2.45) is 0 Å². The zero-order chi connectivity index (χ0) is 10.8. The van der Waals surface area contributed by atoms with Crippen molar-refractivity contribution >= 4 is 6.01 Å². The smallest absolute Gasteiger partial charge is 0.297 e. The second kappa shape index (κ2) is 4.14. The van der Waals surface area contributed by atoms with Crippen molar-refractivity contribution in [1.82, 2.24) is 9.88 Å². The van der Waals surface area contributed by atoms with Crippen LogP contribution >= 0.6 is 0 Å². The Hall–Kier alpha value is -1.17. The van der Waals surface area contributed by atoms with Crippen LogP contribution in [0.3, 0.4) is 0 Å². The Morgan fingerprint density at radius 2 is 2.00 bits per heavy atom. The van der Waals surface area contributed by atoms with Crippen molar-refractivity contribution in [3.63, 3.8) is 0 Å². The topological polar surface area (TPSA) is 32.5 Å². The Kier molecular flexibility index (Phi) is 2.86. The first-order valence-corrected chi connectivity index (χ1v) is 4.84. The Bertz CT molecular complexity index is 321. The summed E-state index contributed by atoms with van der Waals surface area (Å²) in [5, 5.41) is 0. The number of alkyl halides is 2. The molecule has 0 unspecified atom stereocenters. The van der Waals surface area contributed by atoms with Gasteiger partial charge in [-0.2, -0.15) is 4.98 Å². The van der Waals surface area contributed by atoms with Gasteiger partial charge in [-0.15, -0.1) is 0 Å². The molecule has 0 spiro atoms. The molecule has 1 aliphatic heterocycles. The summed E-state index contributed by atoms with van der Waals surface area (Å²) >= 11 is 0. The van der Waals surface area contributed by atoms with Crippen molar-refractivity contribution in [3.8, 4) is 0 Å². The van der Waals surface area contributed by atoms with Crippen LogP contribution in [0.15, 0.2) is 10.7 Å². The van der Waals surface area contributed by atoms with Gasteiger partial charge in [-0.25, -0.2) is 8.78 Å². The van der Waals surface area contributed by atoms with Crippen LogP contribution in [0.4, 0.5) is 14.8 Å². The van der Waals surface area contributed by atoms with Gasteiger partial charge in [-0.1, -0.05) is 0 Å². The maximum absolute atomic E-state index is 12.3. The molecule has 0 N–H and O–H groups in total. The number of hydrogen-bond acceptors (Lipinski definition) is 4. The first kappa shape index (κ1) is 10.4. The number of piperazine rings is 1. The molecule has 1 fully saturated rings. The Balaban J connectivity index is 2.03. The molecule has 1 saturated heterocycles. The molecule has 1 aromatic heterocycles. The largest absolute Gasteiger partial charge is 0.432 e. The van der Waals surface area contributed by atoms with E-state index < -0.39 is 6.43 Å². The second-order valence-electron chi connectivity index (χ2n) is 3.65. The van der Waals surface area contributed by atoms with E-state index in [0.717, 1.165) is 32.4 Å². The van der Waals surface area contributed by atoms with Crippen LogP contribution < -0.4 is 4.90 Å². The quantitative estimate of drug-likeness (QED) is 0.748. The fourth-order valence-electron chi connectivity index (χ4n) is 1.52. The van der Waals surface area contributed by atoms with Gasteiger partial charge in [-0.05, 0) is 7.05 Å². The van der Waals surface area contributed by atoms with Crippen LogP contribution in [0.25, 0.3) is 0 Å². The highest BCUT2D eigenvalue weighted by Crippen LogP contribution is 2.22. The third-order valence-corrected chi connectivity index (χ3v) is 2.51. The molecule has 2 heterocycles. The molecule has 0 aromatic carbocycles. The summed E-state index contributed by atoms with van der Waals surface area (Å²) in [6, 6.07) is 0.304. The highest BCUT2D eigenvalue weighted by Gasteiger charge is 2.20. The number of halogens is 2. The molecule has 0 atom stereocenters. The van der Waals surface area contributed by atoms with Crippen molar-refractivity contribution in [2.45, 2.75) is 6.43 Å². The summed E-state index contributed by atoms with van der Waals surface area (Å²) in [6.07, 6.45) is -1.53. The van der Waals surface area contributed by atoms with Crippen molar-refractivity contribution in [3.05, 3.63) is 12.0 Å². The summed E-state index contributed by atoms with van der Waals surface area (Å²) in [5.74, 6) is 0. The third-order valence-electron chi connectivity index (χ3n) is 2.51. The molecule has 0 amide bonds.